The zero-order chi connectivity index (χ0) is 12.3. The Labute approximate surface area is 109 Å². The van der Waals surface area contributed by atoms with E-state index in [1.165, 1.54) is 37.9 Å². The molecule has 2 heterocycles. The van der Waals surface area contributed by atoms with Gasteiger partial charge in [0.25, 0.3) is 0 Å². The molecule has 1 saturated heterocycles. The average Bonchev–Trinajstić information content (AvgIpc) is 2.30. The Morgan fingerprint density at radius 1 is 1.29 bits per heavy atom. The van der Waals surface area contributed by atoms with Crippen molar-refractivity contribution in [2.45, 2.75) is 45.6 Å². The van der Waals surface area contributed by atoms with Crippen LogP contribution in [0.4, 0.5) is 0 Å². The van der Waals surface area contributed by atoms with Crippen LogP contribution < -0.4 is 0 Å². The maximum absolute atomic E-state index is 6.26. The summed E-state index contributed by atoms with van der Waals surface area (Å²) in [4.78, 5) is 6.98. The van der Waals surface area contributed by atoms with E-state index in [0.29, 0.717) is 5.92 Å². The lowest BCUT2D eigenvalue weighted by Crippen LogP contribution is -2.29. The van der Waals surface area contributed by atoms with Gasteiger partial charge >= 0.3 is 0 Å². The monoisotopic (exact) mass is 252 g/mol. The molecule has 94 valence electrons. The summed E-state index contributed by atoms with van der Waals surface area (Å²) >= 11 is 6.26. The summed E-state index contributed by atoms with van der Waals surface area (Å²) in [5, 5.41) is 0.814. The summed E-state index contributed by atoms with van der Waals surface area (Å²) in [5.41, 5.74) is 2.25. The average molecular weight is 253 g/mol. The summed E-state index contributed by atoms with van der Waals surface area (Å²) < 4.78 is 0. The van der Waals surface area contributed by atoms with Crippen LogP contribution >= 0.6 is 11.6 Å². The van der Waals surface area contributed by atoms with Gasteiger partial charge in [0.2, 0.25) is 0 Å². The van der Waals surface area contributed by atoms with E-state index in [0.717, 1.165) is 17.3 Å². The van der Waals surface area contributed by atoms with Crippen molar-refractivity contribution in [2.24, 2.45) is 0 Å². The van der Waals surface area contributed by atoms with Crippen molar-refractivity contribution < 1.29 is 0 Å². The van der Waals surface area contributed by atoms with E-state index in [-0.39, 0.29) is 0 Å². The number of aromatic nitrogens is 1. The molecule has 1 fully saturated rings. The topological polar surface area (TPSA) is 16.1 Å². The Kier molecular flexibility index (Phi) is 4.41. The van der Waals surface area contributed by atoms with Gasteiger partial charge in [0, 0.05) is 12.7 Å². The van der Waals surface area contributed by atoms with Crippen molar-refractivity contribution in [3.05, 3.63) is 28.5 Å². The lowest BCUT2D eigenvalue weighted by Gasteiger charge is -2.26. The van der Waals surface area contributed by atoms with Gasteiger partial charge in [0.1, 0.15) is 0 Å². The highest BCUT2D eigenvalue weighted by Gasteiger charge is 2.12. The lowest BCUT2D eigenvalue weighted by molar-refractivity contribution is 0.220. The molecule has 0 aliphatic carbocycles. The molecule has 1 aromatic rings. The van der Waals surface area contributed by atoms with Crippen molar-refractivity contribution >= 4 is 11.6 Å². The van der Waals surface area contributed by atoms with Gasteiger partial charge in [-0.15, -0.1) is 0 Å². The van der Waals surface area contributed by atoms with Crippen LogP contribution in [0.2, 0.25) is 5.02 Å². The highest BCUT2D eigenvalue weighted by atomic mass is 35.5. The fourth-order valence-electron chi connectivity index (χ4n) is 2.38. The first-order valence-corrected chi connectivity index (χ1v) is 6.91. The SMILES string of the molecule is CC(C)c1ncc(CN2CCCCC2)cc1Cl. The molecule has 0 spiro atoms. The van der Waals surface area contributed by atoms with E-state index in [2.05, 4.69) is 29.8 Å². The minimum absolute atomic E-state index is 0.395. The van der Waals surface area contributed by atoms with Gasteiger partial charge in [-0.25, -0.2) is 0 Å². The number of pyridine rings is 1. The molecule has 17 heavy (non-hydrogen) atoms. The Morgan fingerprint density at radius 2 is 2.00 bits per heavy atom. The van der Waals surface area contributed by atoms with E-state index in [1.54, 1.807) is 0 Å². The Bertz CT molecular complexity index is 370. The van der Waals surface area contributed by atoms with E-state index >= 15 is 0 Å². The zero-order valence-electron chi connectivity index (χ0n) is 10.7. The molecule has 0 bridgehead atoms. The first kappa shape index (κ1) is 12.8. The standard InChI is InChI=1S/C14H21ClN2/c1-11(2)14-13(15)8-12(9-16-14)10-17-6-4-3-5-7-17/h8-9,11H,3-7,10H2,1-2H3. The van der Waals surface area contributed by atoms with Crippen LogP contribution in [0.3, 0.4) is 0 Å². The normalized spacial score (nSPS) is 17.6. The maximum Gasteiger partial charge on any atom is 0.0627 e. The van der Waals surface area contributed by atoms with E-state index in [1.807, 2.05) is 6.20 Å². The van der Waals surface area contributed by atoms with Crippen LogP contribution in [-0.4, -0.2) is 23.0 Å². The first-order valence-electron chi connectivity index (χ1n) is 6.53. The minimum atomic E-state index is 0.395. The number of nitrogens with zero attached hydrogens (tertiary/aromatic N) is 2. The third kappa shape index (κ3) is 3.43. The molecule has 0 saturated carbocycles. The third-order valence-corrected chi connectivity index (χ3v) is 3.63. The Balaban J connectivity index is 2.04. The number of piperidine rings is 1. The molecule has 0 atom stereocenters. The van der Waals surface area contributed by atoms with Gasteiger partial charge < -0.3 is 0 Å². The summed E-state index contributed by atoms with van der Waals surface area (Å²) in [6.07, 6.45) is 6.01. The third-order valence-electron chi connectivity index (χ3n) is 3.33. The molecule has 0 N–H and O–H groups in total. The summed E-state index contributed by atoms with van der Waals surface area (Å²) in [6.45, 7) is 7.66. The minimum Gasteiger partial charge on any atom is -0.299 e. The summed E-state index contributed by atoms with van der Waals surface area (Å²) in [5.74, 6) is 0.395. The summed E-state index contributed by atoms with van der Waals surface area (Å²) in [7, 11) is 0. The molecule has 0 aromatic carbocycles. The molecule has 2 nitrogen and oxygen atoms in total. The highest BCUT2D eigenvalue weighted by Crippen LogP contribution is 2.23. The van der Waals surface area contributed by atoms with Gasteiger partial charge in [-0.3, -0.25) is 9.88 Å². The molecule has 2 rings (SSSR count). The van der Waals surface area contributed by atoms with Crippen LogP contribution in [0.1, 0.15) is 50.3 Å². The van der Waals surface area contributed by atoms with Gasteiger partial charge in [-0.2, -0.15) is 0 Å². The Hall–Kier alpha value is -0.600. The summed E-state index contributed by atoms with van der Waals surface area (Å²) in [6, 6.07) is 2.08. The fraction of sp³-hybridized carbons (Fsp3) is 0.643. The van der Waals surface area contributed by atoms with Gasteiger partial charge in [0.05, 0.1) is 10.7 Å². The maximum atomic E-state index is 6.26. The van der Waals surface area contributed by atoms with Gasteiger partial charge in [-0.05, 0) is 43.5 Å². The first-order chi connectivity index (χ1) is 8.16. The molecule has 1 aliphatic rings. The molecular weight excluding hydrogens is 232 g/mol. The van der Waals surface area contributed by atoms with Crippen molar-refractivity contribution in [1.29, 1.82) is 0 Å². The predicted octanol–water partition coefficient (Wildman–Crippen LogP) is 3.84. The molecule has 1 aliphatic heterocycles. The van der Waals surface area contributed by atoms with Crippen molar-refractivity contribution in [1.82, 2.24) is 9.88 Å². The zero-order valence-corrected chi connectivity index (χ0v) is 11.5. The number of halogens is 1. The molecule has 0 unspecified atom stereocenters. The number of hydrogen-bond donors (Lipinski definition) is 0. The Morgan fingerprint density at radius 3 is 2.59 bits per heavy atom. The number of hydrogen-bond acceptors (Lipinski definition) is 2. The van der Waals surface area contributed by atoms with E-state index in [4.69, 9.17) is 11.6 Å². The van der Waals surface area contributed by atoms with E-state index in [9.17, 15) is 0 Å². The van der Waals surface area contributed by atoms with Gasteiger partial charge in [0.15, 0.2) is 0 Å². The number of likely N-dealkylation sites (tertiary alicyclic amines) is 1. The second-order valence-electron chi connectivity index (χ2n) is 5.20. The van der Waals surface area contributed by atoms with Crippen molar-refractivity contribution in [3.63, 3.8) is 0 Å². The molecule has 0 amide bonds. The van der Waals surface area contributed by atoms with Crippen LogP contribution in [0.5, 0.6) is 0 Å². The van der Waals surface area contributed by atoms with Gasteiger partial charge in [-0.1, -0.05) is 31.9 Å². The smallest absolute Gasteiger partial charge is 0.0627 e. The van der Waals surface area contributed by atoms with Crippen LogP contribution in [0.25, 0.3) is 0 Å². The van der Waals surface area contributed by atoms with Crippen LogP contribution in [-0.2, 0) is 6.54 Å². The highest BCUT2D eigenvalue weighted by molar-refractivity contribution is 6.31. The van der Waals surface area contributed by atoms with Crippen molar-refractivity contribution in [2.75, 3.05) is 13.1 Å². The lowest BCUT2D eigenvalue weighted by atomic mass is 10.1. The van der Waals surface area contributed by atoms with Crippen LogP contribution in [0.15, 0.2) is 12.3 Å². The molecule has 0 radical (unpaired) electrons. The largest absolute Gasteiger partial charge is 0.299 e. The van der Waals surface area contributed by atoms with E-state index < -0.39 is 0 Å². The van der Waals surface area contributed by atoms with Crippen molar-refractivity contribution in [3.8, 4) is 0 Å². The predicted molar refractivity (Wildman–Crippen MR) is 72.5 cm³/mol. The second kappa shape index (κ2) is 5.83. The second-order valence-corrected chi connectivity index (χ2v) is 5.61. The fourth-order valence-corrected chi connectivity index (χ4v) is 2.78. The number of rotatable bonds is 3. The molecular formula is C14H21ClN2. The molecule has 3 heteroatoms. The molecule has 1 aromatic heterocycles. The van der Waals surface area contributed by atoms with Crippen LogP contribution in [0, 0.1) is 0 Å². The quantitative estimate of drug-likeness (QED) is 0.813.